The Morgan fingerprint density at radius 1 is 1.58 bits per heavy atom. The lowest BCUT2D eigenvalue weighted by Crippen LogP contribution is -2.40. The van der Waals surface area contributed by atoms with Crippen LogP contribution >= 0.6 is 23.1 Å². The summed E-state index contributed by atoms with van der Waals surface area (Å²) < 4.78 is 5.39. The number of esters is 1. The number of hydrogen-bond acceptors (Lipinski definition) is 6. The van der Waals surface area contributed by atoms with Gasteiger partial charge in [-0.05, 0) is 32.9 Å². The third-order valence-electron chi connectivity index (χ3n) is 3.52. The molecular formula is C13H20N2O2S2. The summed E-state index contributed by atoms with van der Waals surface area (Å²) in [5.74, 6) is -0.270. The molecule has 2 rings (SSSR count). The van der Waals surface area contributed by atoms with Gasteiger partial charge in [-0.15, -0.1) is 0 Å². The second-order valence-electron chi connectivity index (χ2n) is 4.75. The van der Waals surface area contributed by atoms with Crippen molar-refractivity contribution >= 4 is 34.2 Å². The Morgan fingerprint density at radius 3 is 2.84 bits per heavy atom. The van der Waals surface area contributed by atoms with E-state index in [1.54, 1.807) is 0 Å². The summed E-state index contributed by atoms with van der Waals surface area (Å²) in [7, 11) is 0. The van der Waals surface area contributed by atoms with E-state index >= 15 is 0 Å². The molecule has 1 aromatic rings. The molecule has 4 nitrogen and oxygen atoms in total. The largest absolute Gasteiger partial charge is 0.462 e. The number of carbonyl (C=O) groups excluding carboxylic acids is 1. The lowest BCUT2D eigenvalue weighted by molar-refractivity contribution is 0.0531. The van der Waals surface area contributed by atoms with Crippen molar-refractivity contribution in [3.8, 4) is 0 Å². The lowest BCUT2D eigenvalue weighted by Gasteiger charge is -2.40. The average molecular weight is 300 g/mol. The van der Waals surface area contributed by atoms with Crippen LogP contribution in [0, 0.1) is 6.92 Å². The van der Waals surface area contributed by atoms with Crippen molar-refractivity contribution in [1.82, 2.24) is 4.98 Å². The molecule has 1 heterocycles. The molecule has 19 heavy (non-hydrogen) atoms. The number of nitrogens with one attached hydrogen (secondary N) is 1. The Morgan fingerprint density at radius 2 is 2.32 bits per heavy atom. The van der Waals surface area contributed by atoms with Crippen molar-refractivity contribution in [2.45, 2.75) is 37.9 Å². The molecule has 1 saturated carbocycles. The monoisotopic (exact) mass is 300 g/mol. The first kappa shape index (κ1) is 14.7. The van der Waals surface area contributed by atoms with E-state index in [0.717, 1.165) is 17.4 Å². The molecule has 6 heteroatoms. The molecule has 0 bridgehead atoms. The summed E-state index contributed by atoms with van der Waals surface area (Å²) in [5.41, 5.74) is 0.748. The van der Waals surface area contributed by atoms with E-state index < -0.39 is 0 Å². The van der Waals surface area contributed by atoms with Crippen molar-refractivity contribution < 1.29 is 9.53 Å². The molecule has 106 valence electrons. The quantitative estimate of drug-likeness (QED) is 0.817. The maximum Gasteiger partial charge on any atom is 0.350 e. The van der Waals surface area contributed by atoms with Gasteiger partial charge in [-0.1, -0.05) is 17.8 Å². The maximum absolute atomic E-state index is 11.7. The highest BCUT2D eigenvalue weighted by atomic mass is 32.2. The van der Waals surface area contributed by atoms with Gasteiger partial charge in [-0.3, -0.25) is 0 Å². The second-order valence-corrected chi connectivity index (χ2v) is 7.02. The van der Waals surface area contributed by atoms with Crippen LogP contribution in [0.15, 0.2) is 0 Å². The SMILES string of the molecule is CCOC(=O)c1sc(NCC2(SC)CCC2)nc1C. The fraction of sp³-hybridized carbons (Fsp3) is 0.692. The number of thioether (sulfide) groups is 1. The van der Waals surface area contributed by atoms with Gasteiger partial charge in [0.2, 0.25) is 0 Å². The van der Waals surface area contributed by atoms with Crippen LogP contribution in [0.4, 0.5) is 5.13 Å². The van der Waals surface area contributed by atoms with Gasteiger partial charge in [0.1, 0.15) is 4.88 Å². The smallest absolute Gasteiger partial charge is 0.350 e. The Labute approximate surface area is 122 Å². The minimum absolute atomic E-state index is 0.270. The zero-order valence-electron chi connectivity index (χ0n) is 11.6. The molecule has 1 aliphatic rings. The van der Waals surface area contributed by atoms with E-state index in [1.807, 2.05) is 25.6 Å². The average Bonchev–Trinajstić information content (AvgIpc) is 2.70. The minimum Gasteiger partial charge on any atom is -0.462 e. The van der Waals surface area contributed by atoms with Crippen molar-refractivity contribution in [3.05, 3.63) is 10.6 Å². The summed E-state index contributed by atoms with van der Waals surface area (Å²) in [5, 5.41) is 4.20. The first-order valence-corrected chi connectivity index (χ1v) is 8.58. The van der Waals surface area contributed by atoms with Gasteiger partial charge in [0.05, 0.1) is 12.3 Å². The summed E-state index contributed by atoms with van der Waals surface area (Å²) in [4.78, 5) is 16.7. The number of anilines is 1. The zero-order valence-corrected chi connectivity index (χ0v) is 13.2. The molecule has 0 aromatic carbocycles. The number of rotatable bonds is 6. The summed E-state index contributed by atoms with van der Waals surface area (Å²) in [6.45, 7) is 4.98. The van der Waals surface area contributed by atoms with Crippen LogP contribution in [-0.4, -0.2) is 35.1 Å². The molecule has 0 saturated heterocycles. The molecule has 0 spiro atoms. The number of hydrogen-bond donors (Lipinski definition) is 1. The number of carbonyl (C=O) groups is 1. The van der Waals surface area contributed by atoms with Crippen molar-refractivity contribution in [3.63, 3.8) is 0 Å². The molecule has 0 aliphatic heterocycles. The van der Waals surface area contributed by atoms with E-state index in [2.05, 4.69) is 16.6 Å². The van der Waals surface area contributed by atoms with Gasteiger partial charge in [0.15, 0.2) is 5.13 Å². The van der Waals surface area contributed by atoms with Gasteiger partial charge in [0.25, 0.3) is 0 Å². The van der Waals surface area contributed by atoms with Crippen LogP contribution in [0.25, 0.3) is 0 Å². The second kappa shape index (κ2) is 6.13. The molecule has 1 aliphatic carbocycles. The Bertz CT molecular complexity index is 450. The van der Waals surface area contributed by atoms with Crippen LogP contribution in [-0.2, 0) is 4.74 Å². The highest BCUT2D eigenvalue weighted by Gasteiger charge is 2.36. The predicted octanol–water partition coefficient (Wildman–Crippen LogP) is 3.33. The first-order chi connectivity index (χ1) is 9.10. The highest BCUT2D eigenvalue weighted by Crippen LogP contribution is 2.43. The molecular weight excluding hydrogens is 280 g/mol. The van der Waals surface area contributed by atoms with E-state index in [-0.39, 0.29) is 5.97 Å². The Kier molecular flexibility index (Phi) is 4.73. The van der Waals surface area contributed by atoms with Gasteiger partial charge < -0.3 is 10.1 Å². The van der Waals surface area contributed by atoms with Crippen LogP contribution in [0.5, 0.6) is 0 Å². The lowest BCUT2D eigenvalue weighted by atomic mass is 9.84. The number of ether oxygens (including phenoxy) is 1. The van der Waals surface area contributed by atoms with Crippen LogP contribution in [0.3, 0.4) is 0 Å². The van der Waals surface area contributed by atoms with Crippen molar-refractivity contribution in [2.75, 3.05) is 24.7 Å². The third-order valence-corrected chi connectivity index (χ3v) is 6.03. The number of aromatic nitrogens is 1. The standard InChI is InChI=1S/C13H20N2O2S2/c1-4-17-11(16)10-9(2)15-12(19-10)14-8-13(18-3)6-5-7-13/h4-8H2,1-3H3,(H,14,15). The third kappa shape index (κ3) is 3.23. The Hall–Kier alpha value is -0.750. The minimum atomic E-state index is -0.270. The molecule has 1 N–H and O–H groups in total. The predicted molar refractivity (Wildman–Crippen MR) is 81.4 cm³/mol. The number of aryl methyl sites for hydroxylation is 1. The van der Waals surface area contributed by atoms with E-state index in [4.69, 9.17) is 4.74 Å². The van der Waals surface area contributed by atoms with E-state index in [1.165, 1.54) is 30.6 Å². The van der Waals surface area contributed by atoms with Gasteiger partial charge >= 0.3 is 5.97 Å². The number of thiazole rings is 1. The molecule has 1 fully saturated rings. The van der Waals surface area contributed by atoms with Crippen LogP contribution in [0.1, 0.15) is 41.6 Å². The maximum atomic E-state index is 11.7. The fourth-order valence-corrected chi connectivity index (χ4v) is 3.89. The van der Waals surface area contributed by atoms with E-state index in [0.29, 0.717) is 16.2 Å². The van der Waals surface area contributed by atoms with Crippen molar-refractivity contribution in [1.29, 1.82) is 0 Å². The molecule has 1 aromatic heterocycles. The normalized spacial score (nSPS) is 16.8. The highest BCUT2D eigenvalue weighted by molar-refractivity contribution is 8.00. The summed E-state index contributed by atoms with van der Waals surface area (Å²) in [6.07, 6.45) is 6.00. The molecule has 0 radical (unpaired) electrons. The molecule has 0 amide bonds. The fourth-order valence-electron chi connectivity index (χ4n) is 2.12. The summed E-state index contributed by atoms with van der Waals surface area (Å²) >= 11 is 3.31. The zero-order chi connectivity index (χ0) is 13.9. The van der Waals surface area contributed by atoms with Gasteiger partial charge in [0, 0.05) is 11.3 Å². The molecule has 0 unspecified atom stereocenters. The first-order valence-electron chi connectivity index (χ1n) is 6.54. The van der Waals surface area contributed by atoms with Crippen LogP contribution < -0.4 is 5.32 Å². The van der Waals surface area contributed by atoms with Gasteiger partial charge in [-0.2, -0.15) is 11.8 Å². The van der Waals surface area contributed by atoms with Crippen molar-refractivity contribution in [2.24, 2.45) is 0 Å². The summed E-state index contributed by atoms with van der Waals surface area (Å²) in [6, 6.07) is 0. The topological polar surface area (TPSA) is 51.2 Å². The van der Waals surface area contributed by atoms with Gasteiger partial charge in [-0.25, -0.2) is 9.78 Å². The number of nitrogens with zero attached hydrogens (tertiary/aromatic N) is 1. The Balaban J connectivity index is 1.98. The van der Waals surface area contributed by atoms with E-state index in [9.17, 15) is 4.79 Å². The van der Waals surface area contributed by atoms with Crippen LogP contribution in [0.2, 0.25) is 0 Å². The molecule has 0 atom stereocenters.